The zero-order valence-corrected chi connectivity index (χ0v) is 52.3. The van der Waals surface area contributed by atoms with E-state index in [0.717, 1.165) is 115 Å². The maximum atomic E-state index is 12.9. The fourth-order valence-electron chi connectivity index (χ4n) is 8.88. The minimum atomic E-state index is -4.94. The Bertz CT molecular complexity index is 1550. The molecular weight excluding hydrogens is 1050 g/mol. The minimum absolute atomic E-state index is 0.103. The van der Waals surface area contributed by atoms with Gasteiger partial charge in [0.25, 0.3) is 0 Å². The third-order valence-corrected chi connectivity index (χ3v) is 15.7. The summed E-state index contributed by atoms with van der Waals surface area (Å²) in [4.78, 5) is 71.6. The average molecular weight is 1170 g/mol. The van der Waals surface area contributed by atoms with Gasteiger partial charge < -0.3 is 33.8 Å². The first-order chi connectivity index (χ1) is 38.0. The van der Waals surface area contributed by atoms with Crippen molar-refractivity contribution in [2.75, 3.05) is 39.6 Å². The van der Waals surface area contributed by atoms with Crippen molar-refractivity contribution in [1.82, 2.24) is 0 Å². The molecule has 0 bridgehead atoms. The molecular formula is C60H116O17P2. The molecule has 0 spiro atoms. The molecule has 79 heavy (non-hydrogen) atoms. The van der Waals surface area contributed by atoms with Gasteiger partial charge in [0, 0.05) is 25.7 Å². The largest absolute Gasteiger partial charge is 0.472 e. The second-order valence-electron chi connectivity index (χ2n) is 22.2. The molecule has 2 unspecified atom stereocenters. The number of phosphoric acid groups is 2. The number of aliphatic hydroxyl groups excluding tert-OH is 1. The van der Waals surface area contributed by atoms with Gasteiger partial charge in [-0.3, -0.25) is 37.3 Å². The van der Waals surface area contributed by atoms with Crippen LogP contribution in [0.4, 0.5) is 0 Å². The highest BCUT2D eigenvalue weighted by molar-refractivity contribution is 7.47. The Kier molecular flexibility index (Phi) is 52.7. The minimum Gasteiger partial charge on any atom is -0.462 e. The van der Waals surface area contributed by atoms with Crippen LogP contribution in [0, 0.1) is 5.92 Å². The third-order valence-electron chi connectivity index (χ3n) is 13.8. The molecule has 0 aromatic heterocycles. The second kappa shape index (κ2) is 54.0. The Morgan fingerprint density at radius 2 is 0.582 bits per heavy atom. The van der Waals surface area contributed by atoms with Gasteiger partial charge in [-0.25, -0.2) is 9.13 Å². The lowest BCUT2D eigenvalue weighted by Gasteiger charge is -2.21. The fraction of sp³-hybridized carbons (Fsp3) is 0.933. The number of phosphoric ester groups is 2. The van der Waals surface area contributed by atoms with Crippen LogP contribution in [0.5, 0.6) is 0 Å². The van der Waals surface area contributed by atoms with Crippen molar-refractivity contribution in [2.24, 2.45) is 5.92 Å². The van der Waals surface area contributed by atoms with Crippen molar-refractivity contribution in [3.8, 4) is 0 Å². The van der Waals surface area contributed by atoms with Crippen LogP contribution in [0.15, 0.2) is 0 Å². The quantitative estimate of drug-likeness (QED) is 0.0222. The molecule has 19 heteroatoms. The third kappa shape index (κ3) is 55.0. The second-order valence-corrected chi connectivity index (χ2v) is 25.1. The molecule has 0 aliphatic carbocycles. The maximum Gasteiger partial charge on any atom is 0.472 e. The summed E-state index contributed by atoms with van der Waals surface area (Å²) < 4.78 is 67.5. The van der Waals surface area contributed by atoms with E-state index >= 15 is 0 Å². The standard InChI is InChI=1S/C60H116O17P2/c1-6-9-12-15-17-18-22-26-30-34-39-44-58(63)71-50-56(77-60(65)46-41-36-31-27-24-21-19-20-23-25-29-33-37-42-53(4)5)52-75-79(68,69)73-48-54(61)47-72-78(66,67)74-51-55(49-70-57(62)43-38-32-14-11-8-3)76-59(64)45-40-35-28-16-13-10-7-2/h53-56,61H,6-52H2,1-5H3,(H,66,67)(H,68,69)/t54-,55+,56+/m0/s1. The summed E-state index contributed by atoms with van der Waals surface area (Å²) >= 11 is 0. The predicted octanol–water partition coefficient (Wildman–Crippen LogP) is 16.2. The van der Waals surface area contributed by atoms with Gasteiger partial charge >= 0.3 is 39.5 Å². The predicted molar refractivity (Wildman–Crippen MR) is 312 cm³/mol. The number of ether oxygens (including phenoxy) is 4. The molecule has 0 heterocycles. The van der Waals surface area contributed by atoms with E-state index in [1.165, 1.54) is 103 Å². The molecule has 3 N–H and O–H groups in total. The Balaban J connectivity index is 5.14. The lowest BCUT2D eigenvalue weighted by molar-refractivity contribution is -0.161. The number of hydrogen-bond donors (Lipinski definition) is 3. The zero-order chi connectivity index (χ0) is 58.5. The number of aliphatic hydroxyl groups is 1. The SMILES string of the molecule is CCCCCCCCCCCCCC(=O)OC[C@H](COP(=O)(O)OC[C@@H](O)COP(=O)(O)OC[C@@H](COC(=O)CCCCCCC)OC(=O)CCCCCCCCC)OC(=O)CCCCCCCCCCCCCCCC(C)C. The average Bonchev–Trinajstić information content (AvgIpc) is 3.41. The van der Waals surface area contributed by atoms with E-state index in [1.807, 2.05) is 0 Å². The van der Waals surface area contributed by atoms with Gasteiger partial charge in [0.1, 0.15) is 19.3 Å². The molecule has 0 radical (unpaired) electrons. The van der Waals surface area contributed by atoms with Gasteiger partial charge in [-0.1, -0.05) is 247 Å². The van der Waals surface area contributed by atoms with Gasteiger partial charge in [0.05, 0.1) is 26.4 Å². The van der Waals surface area contributed by atoms with Gasteiger partial charge in [-0.05, 0) is 31.6 Å². The molecule has 0 saturated carbocycles. The van der Waals surface area contributed by atoms with E-state index in [9.17, 15) is 43.2 Å². The lowest BCUT2D eigenvalue weighted by Crippen LogP contribution is -2.30. The first-order valence-corrected chi connectivity index (χ1v) is 34.6. The first kappa shape index (κ1) is 77.1. The summed E-state index contributed by atoms with van der Waals surface area (Å²) in [6.45, 7) is 7.05. The highest BCUT2D eigenvalue weighted by Gasteiger charge is 2.30. The van der Waals surface area contributed by atoms with Crippen molar-refractivity contribution >= 4 is 39.5 Å². The lowest BCUT2D eigenvalue weighted by atomic mass is 10.0. The van der Waals surface area contributed by atoms with E-state index < -0.39 is 97.5 Å². The Morgan fingerprint density at radius 3 is 0.861 bits per heavy atom. The van der Waals surface area contributed by atoms with Crippen LogP contribution in [0.25, 0.3) is 0 Å². The van der Waals surface area contributed by atoms with Gasteiger partial charge in [0.15, 0.2) is 12.2 Å². The summed E-state index contributed by atoms with van der Waals surface area (Å²) in [5, 5.41) is 10.5. The molecule has 0 rings (SSSR count). The van der Waals surface area contributed by atoms with E-state index in [4.69, 9.17) is 37.0 Å². The first-order valence-electron chi connectivity index (χ1n) is 31.6. The van der Waals surface area contributed by atoms with Crippen molar-refractivity contribution in [3.05, 3.63) is 0 Å². The summed E-state index contributed by atoms with van der Waals surface area (Å²) in [5.74, 6) is -1.37. The molecule has 5 atom stereocenters. The number of rotatable bonds is 60. The summed E-state index contributed by atoms with van der Waals surface area (Å²) in [6, 6.07) is 0. The smallest absolute Gasteiger partial charge is 0.462 e. The van der Waals surface area contributed by atoms with Crippen LogP contribution in [-0.2, 0) is 65.4 Å². The van der Waals surface area contributed by atoms with E-state index in [-0.39, 0.29) is 25.7 Å². The molecule has 0 aliphatic heterocycles. The summed E-state index contributed by atoms with van der Waals surface area (Å²) in [5.41, 5.74) is 0. The van der Waals surface area contributed by atoms with E-state index in [2.05, 4.69) is 34.6 Å². The highest BCUT2D eigenvalue weighted by Crippen LogP contribution is 2.45. The number of unbranched alkanes of at least 4 members (excludes halogenated alkanes) is 32. The van der Waals surface area contributed by atoms with Crippen LogP contribution in [0.1, 0.15) is 298 Å². The summed E-state index contributed by atoms with van der Waals surface area (Å²) in [6.07, 6.45) is 36.7. The topological polar surface area (TPSA) is 237 Å². The van der Waals surface area contributed by atoms with Crippen LogP contribution in [0.2, 0.25) is 0 Å². The van der Waals surface area contributed by atoms with Crippen LogP contribution in [0.3, 0.4) is 0 Å². The van der Waals surface area contributed by atoms with Crippen molar-refractivity contribution in [3.63, 3.8) is 0 Å². The molecule has 0 saturated heterocycles. The molecule has 0 aromatic carbocycles. The Morgan fingerprint density at radius 1 is 0.342 bits per heavy atom. The monoisotopic (exact) mass is 1170 g/mol. The fourth-order valence-corrected chi connectivity index (χ4v) is 10.5. The van der Waals surface area contributed by atoms with Gasteiger partial charge in [-0.2, -0.15) is 0 Å². The van der Waals surface area contributed by atoms with Gasteiger partial charge in [-0.15, -0.1) is 0 Å². The maximum absolute atomic E-state index is 12.9. The number of hydrogen-bond acceptors (Lipinski definition) is 15. The van der Waals surface area contributed by atoms with Crippen molar-refractivity contribution in [1.29, 1.82) is 0 Å². The number of carbonyl (C=O) groups excluding carboxylic acids is 4. The summed E-state index contributed by atoms with van der Waals surface area (Å²) in [7, 11) is -9.86. The molecule has 468 valence electrons. The number of esters is 4. The van der Waals surface area contributed by atoms with Crippen LogP contribution >= 0.6 is 15.6 Å². The Labute approximate surface area is 479 Å². The Hall–Kier alpha value is -1.94. The molecule has 0 aliphatic rings. The highest BCUT2D eigenvalue weighted by atomic mass is 31.2. The zero-order valence-electron chi connectivity index (χ0n) is 50.5. The number of carbonyl (C=O) groups is 4. The van der Waals surface area contributed by atoms with Crippen molar-refractivity contribution < 1.29 is 80.2 Å². The van der Waals surface area contributed by atoms with Crippen LogP contribution in [-0.4, -0.2) is 96.7 Å². The van der Waals surface area contributed by atoms with Gasteiger partial charge in [0.2, 0.25) is 0 Å². The molecule has 0 aromatic rings. The van der Waals surface area contributed by atoms with Crippen LogP contribution < -0.4 is 0 Å². The van der Waals surface area contributed by atoms with E-state index in [1.54, 1.807) is 0 Å². The normalized spacial score (nSPS) is 14.3. The molecule has 17 nitrogen and oxygen atoms in total. The molecule has 0 fully saturated rings. The van der Waals surface area contributed by atoms with E-state index in [0.29, 0.717) is 25.7 Å². The molecule has 0 amide bonds. The van der Waals surface area contributed by atoms with Crippen molar-refractivity contribution in [2.45, 2.75) is 316 Å².